The van der Waals surface area contributed by atoms with Crippen LogP contribution in [0, 0.1) is 24.2 Å². The van der Waals surface area contributed by atoms with Gasteiger partial charge in [-0.05, 0) is 44.3 Å². The number of nitrogens with zero attached hydrogens (tertiary/aromatic N) is 4. The van der Waals surface area contributed by atoms with E-state index in [2.05, 4.69) is 41.4 Å². The number of likely N-dealkylation sites (tertiary alicyclic amines) is 1. The number of aryl methyl sites for hydroxylation is 1. The van der Waals surface area contributed by atoms with E-state index in [-0.39, 0.29) is 5.56 Å². The van der Waals surface area contributed by atoms with E-state index in [0.29, 0.717) is 18.3 Å². The first-order valence-electron chi connectivity index (χ1n) is 9.62. The molecule has 1 aromatic carbocycles. The number of hydrogen-bond donors (Lipinski definition) is 1. The number of aromatic nitrogens is 2. The minimum atomic E-state index is -0.555. The molecule has 0 atom stereocenters. The van der Waals surface area contributed by atoms with Gasteiger partial charge in [-0.15, -0.1) is 0 Å². The van der Waals surface area contributed by atoms with Crippen molar-refractivity contribution in [3.63, 3.8) is 0 Å². The Morgan fingerprint density at radius 2 is 1.75 bits per heavy atom. The largest absolute Gasteiger partial charge is 0.370 e. The lowest BCUT2D eigenvalue weighted by Gasteiger charge is -2.32. The van der Waals surface area contributed by atoms with E-state index in [1.54, 1.807) is 7.05 Å². The van der Waals surface area contributed by atoms with Gasteiger partial charge < -0.3 is 5.32 Å². The Morgan fingerprint density at radius 1 is 1.11 bits per heavy atom. The number of nitriles is 1. The molecule has 0 amide bonds. The normalized spacial score (nSPS) is 15.4. The highest BCUT2D eigenvalue weighted by Crippen LogP contribution is 2.20. The summed E-state index contributed by atoms with van der Waals surface area (Å²) in [5.41, 5.74) is 1.60. The standard InChI is InChI=1S/C21H27N5O2/c1-15-4-6-17(7-5-15)14-26-10-8-16(9-11-26)13-23-19-18(12-22)20(27)25(3)21(28)24(19)2/h4-7,16,23H,8-11,13-14H2,1-3H3. The molecule has 1 N–H and O–H groups in total. The summed E-state index contributed by atoms with van der Waals surface area (Å²) in [5, 5.41) is 12.5. The maximum atomic E-state index is 12.2. The molecule has 1 saturated heterocycles. The van der Waals surface area contributed by atoms with Crippen molar-refractivity contribution in [3.05, 3.63) is 61.8 Å². The monoisotopic (exact) mass is 381 g/mol. The summed E-state index contributed by atoms with van der Waals surface area (Å²) in [7, 11) is 2.97. The van der Waals surface area contributed by atoms with Crippen LogP contribution in [0.1, 0.15) is 29.5 Å². The van der Waals surface area contributed by atoms with Crippen molar-refractivity contribution in [1.29, 1.82) is 5.26 Å². The van der Waals surface area contributed by atoms with Crippen molar-refractivity contribution in [2.45, 2.75) is 26.3 Å². The fourth-order valence-corrected chi connectivity index (χ4v) is 3.69. The minimum absolute atomic E-state index is 0.0126. The zero-order chi connectivity index (χ0) is 20.3. The molecule has 0 saturated carbocycles. The predicted octanol–water partition coefficient (Wildman–Crippen LogP) is 1.59. The molecule has 1 aliphatic rings. The number of hydrogen-bond acceptors (Lipinski definition) is 5. The van der Waals surface area contributed by atoms with Crippen molar-refractivity contribution < 1.29 is 0 Å². The molecule has 1 fully saturated rings. The molecular weight excluding hydrogens is 354 g/mol. The van der Waals surface area contributed by atoms with Crippen LogP contribution in [0.4, 0.5) is 5.82 Å². The highest BCUT2D eigenvalue weighted by Gasteiger charge is 2.21. The molecule has 2 heterocycles. The van der Waals surface area contributed by atoms with E-state index >= 15 is 0 Å². The second-order valence-electron chi connectivity index (χ2n) is 7.63. The van der Waals surface area contributed by atoms with Gasteiger partial charge in [0, 0.05) is 27.2 Å². The van der Waals surface area contributed by atoms with E-state index < -0.39 is 11.2 Å². The molecular formula is C21H27N5O2. The Kier molecular flexibility index (Phi) is 6.00. The second kappa shape index (κ2) is 8.44. The molecule has 28 heavy (non-hydrogen) atoms. The highest BCUT2D eigenvalue weighted by molar-refractivity contribution is 5.51. The van der Waals surface area contributed by atoms with Crippen LogP contribution in [0.25, 0.3) is 0 Å². The lowest BCUT2D eigenvalue weighted by Crippen LogP contribution is -2.41. The third-order valence-electron chi connectivity index (χ3n) is 5.57. The fraction of sp³-hybridized carbons (Fsp3) is 0.476. The van der Waals surface area contributed by atoms with Gasteiger partial charge in [0.2, 0.25) is 0 Å². The summed E-state index contributed by atoms with van der Waals surface area (Å²) < 4.78 is 2.31. The van der Waals surface area contributed by atoms with E-state index in [1.165, 1.54) is 22.7 Å². The molecule has 3 rings (SSSR count). The summed E-state index contributed by atoms with van der Waals surface area (Å²) in [4.78, 5) is 26.8. The third-order valence-corrected chi connectivity index (χ3v) is 5.57. The van der Waals surface area contributed by atoms with Crippen LogP contribution < -0.4 is 16.6 Å². The van der Waals surface area contributed by atoms with Crippen LogP contribution in [-0.4, -0.2) is 33.7 Å². The average molecular weight is 381 g/mol. The third kappa shape index (κ3) is 4.18. The summed E-state index contributed by atoms with van der Waals surface area (Å²) in [6.45, 7) is 5.73. The van der Waals surface area contributed by atoms with Crippen molar-refractivity contribution in [1.82, 2.24) is 14.0 Å². The van der Waals surface area contributed by atoms with Gasteiger partial charge in [-0.25, -0.2) is 4.79 Å². The van der Waals surface area contributed by atoms with Crippen molar-refractivity contribution in [2.24, 2.45) is 20.0 Å². The van der Waals surface area contributed by atoms with Crippen molar-refractivity contribution in [2.75, 3.05) is 25.0 Å². The number of nitrogens with one attached hydrogen (secondary N) is 1. The van der Waals surface area contributed by atoms with Gasteiger partial charge in [0.15, 0.2) is 5.56 Å². The molecule has 2 aromatic rings. The topological polar surface area (TPSA) is 83.1 Å². The Labute approximate surface area is 164 Å². The van der Waals surface area contributed by atoms with Crippen LogP contribution in [0.15, 0.2) is 33.9 Å². The first-order chi connectivity index (χ1) is 13.4. The quantitative estimate of drug-likeness (QED) is 0.850. The van der Waals surface area contributed by atoms with Crippen LogP contribution in [0.2, 0.25) is 0 Å². The van der Waals surface area contributed by atoms with Gasteiger partial charge in [0.25, 0.3) is 5.56 Å². The van der Waals surface area contributed by atoms with Crippen LogP contribution in [0.3, 0.4) is 0 Å². The first kappa shape index (κ1) is 19.9. The van der Waals surface area contributed by atoms with Crippen LogP contribution in [0.5, 0.6) is 0 Å². The van der Waals surface area contributed by atoms with Crippen molar-refractivity contribution in [3.8, 4) is 6.07 Å². The first-order valence-corrected chi connectivity index (χ1v) is 9.62. The van der Waals surface area contributed by atoms with Gasteiger partial charge in [-0.2, -0.15) is 5.26 Å². The van der Waals surface area contributed by atoms with E-state index in [1.807, 2.05) is 6.07 Å². The van der Waals surface area contributed by atoms with Crippen LogP contribution >= 0.6 is 0 Å². The molecule has 1 aliphatic heterocycles. The van der Waals surface area contributed by atoms with Crippen molar-refractivity contribution >= 4 is 5.82 Å². The van der Waals surface area contributed by atoms with Crippen LogP contribution in [-0.2, 0) is 20.6 Å². The van der Waals surface area contributed by atoms with Gasteiger partial charge in [-0.3, -0.25) is 18.8 Å². The number of rotatable bonds is 5. The molecule has 0 spiro atoms. The van der Waals surface area contributed by atoms with E-state index in [0.717, 1.165) is 37.0 Å². The smallest absolute Gasteiger partial charge is 0.332 e. The molecule has 0 unspecified atom stereocenters. The maximum Gasteiger partial charge on any atom is 0.332 e. The average Bonchev–Trinajstić information content (AvgIpc) is 2.71. The lowest BCUT2D eigenvalue weighted by molar-refractivity contribution is 0.182. The molecule has 7 nitrogen and oxygen atoms in total. The summed E-state index contributed by atoms with van der Waals surface area (Å²) in [5.74, 6) is 0.762. The number of anilines is 1. The zero-order valence-corrected chi connectivity index (χ0v) is 16.7. The minimum Gasteiger partial charge on any atom is -0.370 e. The lowest BCUT2D eigenvalue weighted by atomic mass is 9.96. The molecule has 0 bridgehead atoms. The number of piperidine rings is 1. The summed E-state index contributed by atoms with van der Waals surface area (Å²) >= 11 is 0. The Morgan fingerprint density at radius 3 is 2.36 bits per heavy atom. The Balaban J connectivity index is 1.59. The molecule has 148 valence electrons. The van der Waals surface area contributed by atoms with Gasteiger partial charge >= 0.3 is 5.69 Å². The molecule has 0 aliphatic carbocycles. The fourth-order valence-electron chi connectivity index (χ4n) is 3.69. The maximum absolute atomic E-state index is 12.2. The predicted molar refractivity (Wildman–Crippen MR) is 109 cm³/mol. The summed E-state index contributed by atoms with van der Waals surface area (Å²) in [6, 6.07) is 10.6. The highest BCUT2D eigenvalue weighted by atomic mass is 16.2. The summed E-state index contributed by atoms with van der Waals surface area (Å²) in [6.07, 6.45) is 2.08. The Bertz CT molecular complexity index is 990. The zero-order valence-electron chi connectivity index (χ0n) is 16.7. The molecule has 7 heteroatoms. The molecule has 1 aromatic heterocycles. The van der Waals surface area contributed by atoms with Gasteiger partial charge in [-0.1, -0.05) is 29.8 Å². The van der Waals surface area contributed by atoms with E-state index in [9.17, 15) is 14.9 Å². The second-order valence-corrected chi connectivity index (χ2v) is 7.63. The number of benzene rings is 1. The van der Waals surface area contributed by atoms with Gasteiger partial charge in [0.1, 0.15) is 11.9 Å². The van der Waals surface area contributed by atoms with E-state index in [4.69, 9.17) is 0 Å². The SMILES string of the molecule is Cc1ccc(CN2CCC(CNc3c(C#N)c(=O)n(C)c(=O)n3C)CC2)cc1. The Hall–Kier alpha value is -2.85. The molecule has 0 radical (unpaired) electrons. The van der Waals surface area contributed by atoms with Gasteiger partial charge in [0.05, 0.1) is 0 Å².